The molecule has 13 nitrogen and oxygen atoms in total. The number of nitrogens with two attached hydrogens (primary N) is 1. The first kappa shape index (κ1) is 36.6. The zero-order valence-corrected chi connectivity index (χ0v) is 26.8. The predicted molar refractivity (Wildman–Crippen MR) is 160 cm³/mol. The lowest BCUT2D eigenvalue weighted by atomic mass is 9.85. The van der Waals surface area contributed by atoms with Crippen LogP contribution in [0.3, 0.4) is 0 Å². The predicted octanol–water partition coefficient (Wildman–Crippen LogP) is -1.86. The van der Waals surface area contributed by atoms with E-state index in [1.54, 1.807) is 12.3 Å². The van der Waals surface area contributed by atoms with Crippen molar-refractivity contribution in [2.24, 2.45) is 16.7 Å². The van der Waals surface area contributed by atoms with E-state index in [-0.39, 0.29) is 23.3 Å². The second-order valence-corrected chi connectivity index (χ2v) is 13.9. The summed E-state index contributed by atoms with van der Waals surface area (Å²) in [5.74, 6) is -2.15. The van der Waals surface area contributed by atoms with Gasteiger partial charge in [-0.2, -0.15) is 0 Å². The van der Waals surface area contributed by atoms with Gasteiger partial charge in [0.15, 0.2) is 0 Å². The van der Waals surface area contributed by atoms with E-state index in [1.165, 1.54) is 11.9 Å². The van der Waals surface area contributed by atoms with E-state index in [9.17, 15) is 28.5 Å². The van der Waals surface area contributed by atoms with Crippen LogP contribution in [0.1, 0.15) is 48.0 Å². The quantitative estimate of drug-likeness (QED) is 0.0286. The molecule has 1 aliphatic heterocycles. The number of nitrogens with one attached hydrogen (secondary N) is 5. The molecule has 1 saturated heterocycles. The van der Waals surface area contributed by atoms with E-state index in [4.69, 9.17) is 0 Å². The SMILES string of the molecule is C=C[C@H]1CCN(C(=O)[C@@H](NC(=O)N[C@H](C[NH2+]CCN[SH+](C)=O)C(C)(C)C)C(C)(C)C)[C@@H]1C(O)NCC(=O)C(=O)NC. The average Bonchev–Trinajstić information content (AvgIpc) is 3.31. The summed E-state index contributed by atoms with van der Waals surface area (Å²) in [5, 5.41) is 23.8. The second-order valence-electron chi connectivity index (χ2n) is 12.6. The van der Waals surface area contributed by atoms with E-state index < -0.39 is 59.0 Å². The minimum Gasteiger partial charge on any atom is -0.376 e. The van der Waals surface area contributed by atoms with Crippen LogP contribution in [-0.4, -0.2) is 104 Å². The normalized spacial score (nSPS) is 20.5. The number of aliphatic hydroxyl groups excluding tert-OH is 1. The summed E-state index contributed by atoms with van der Waals surface area (Å²) >= 11 is 0. The molecule has 236 valence electrons. The summed E-state index contributed by atoms with van der Waals surface area (Å²) < 4.78 is 14.1. The summed E-state index contributed by atoms with van der Waals surface area (Å²) in [6.45, 7) is 17.3. The molecule has 14 heteroatoms. The van der Waals surface area contributed by atoms with Crippen LogP contribution >= 0.6 is 0 Å². The third-order valence-corrected chi connectivity index (χ3v) is 7.86. The fraction of sp³-hybridized carbons (Fsp3) is 0.778. The number of carbonyl (C=O) groups is 4. The highest BCUT2D eigenvalue weighted by atomic mass is 32.2. The Kier molecular flexibility index (Phi) is 14.6. The van der Waals surface area contributed by atoms with Crippen molar-refractivity contribution in [2.75, 3.05) is 46.0 Å². The molecule has 1 aliphatic rings. The molecule has 1 rings (SSSR count). The number of amides is 4. The van der Waals surface area contributed by atoms with Gasteiger partial charge in [-0.05, 0) is 17.3 Å². The summed E-state index contributed by atoms with van der Waals surface area (Å²) in [7, 11) is -0.0703. The standard InChI is InChI=1S/C27H51N7O6S/c1-10-17-11-14-34(20(17)23(37)30-15-18(35)22(36)28-8)24(38)21(27(5,6)7)33-25(39)32-19(26(2,3)4)16-29-12-13-31-41(9)40/h10,17,19-21,23,29-30,37H,1,11-16H2,2-9H3,(H,28,36)(H,31,40)(H2,32,33,39)/p+2/t17-,19+,20-,21+,23?,41?/m0/s1. The maximum atomic E-state index is 13.9. The summed E-state index contributed by atoms with van der Waals surface area (Å²) in [4.78, 5) is 52.2. The van der Waals surface area contributed by atoms with Crippen molar-refractivity contribution in [3.63, 3.8) is 0 Å². The van der Waals surface area contributed by atoms with Crippen LogP contribution in [-0.2, 0) is 29.6 Å². The highest BCUT2D eigenvalue weighted by Gasteiger charge is 2.45. The fourth-order valence-electron chi connectivity index (χ4n) is 4.68. The van der Waals surface area contributed by atoms with Gasteiger partial charge in [-0.15, -0.1) is 11.3 Å². The van der Waals surface area contributed by atoms with Gasteiger partial charge in [-0.1, -0.05) is 51.8 Å². The van der Waals surface area contributed by atoms with E-state index in [1.807, 2.05) is 46.9 Å². The Balaban J connectivity index is 3.02. The van der Waals surface area contributed by atoms with Gasteiger partial charge in [0, 0.05) is 19.5 Å². The number of ketones is 1. The zero-order valence-electron chi connectivity index (χ0n) is 25.9. The number of carbonyl (C=O) groups excluding carboxylic acids is 4. The monoisotopic (exact) mass is 603 g/mol. The highest BCUT2D eigenvalue weighted by Crippen LogP contribution is 2.31. The zero-order chi connectivity index (χ0) is 31.5. The first-order valence-corrected chi connectivity index (χ1v) is 15.8. The topological polar surface area (TPSA) is 186 Å². The number of hydrogen-bond acceptors (Lipinski definition) is 7. The summed E-state index contributed by atoms with van der Waals surface area (Å²) in [6, 6.07) is -2.35. The molecule has 1 fully saturated rings. The molecule has 0 saturated carbocycles. The third kappa shape index (κ3) is 11.8. The van der Waals surface area contributed by atoms with Crippen molar-refractivity contribution in [3.05, 3.63) is 12.7 Å². The Morgan fingerprint density at radius 2 is 1.76 bits per heavy atom. The van der Waals surface area contributed by atoms with Gasteiger partial charge < -0.3 is 31.3 Å². The molecule has 41 heavy (non-hydrogen) atoms. The first-order chi connectivity index (χ1) is 18.9. The number of likely N-dealkylation sites (N-methyl/N-ethyl adjacent to an activating group) is 1. The Labute approximate surface area is 247 Å². The Morgan fingerprint density at radius 3 is 2.27 bits per heavy atom. The van der Waals surface area contributed by atoms with Crippen molar-refractivity contribution >= 4 is 34.6 Å². The maximum Gasteiger partial charge on any atom is 0.315 e. The summed E-state index contributed by atoms with van der Waals surface area (Å²) in [5.41, 5.74) is -0.928. The van der Waals surface area contributed by atoms with Gasteiger partial charge in [-0.25, -0.2) is 4.79 Å². The van der Waals surface area contributed by atoms with E-state index in [0.717, 1.165) is 0 Å². The van der Waals surface area contributed by atoms with Crippen molar-refractivity contribution in [2.45, 2.75) is 72.3 Å². The fourth-order valence-corrected chi connectivity index (χ4v) is 5.12. The lowest BCUT2D eigenvalue weighted by Gasteiger charge is -2.38. The molecule has 0 aliphatic carbocycles. The number of thiol groups is 1. The highest BCUT2D eigenvalue weighted by molar-refractivity contribution is 7.82. The van der Waals surface area contributed by atoms with E-state index >= 15 is 0 Å². The van der Waals surface area contributed by atoms with Crippen LogP contribution in [0.4, 0.5) is 4.79 Å². The molecule has 1 heterocycles. The van der Waals surface area contributed by atoms with Crippen LogP contribution in [0, 0.1) is 16.7 Å². The first-order valence-electron chi connectivity index (χ1n) is 14.1. The molecule has 0 aromatic heterocycles. The van der Waals surface area contributed by atoms with Crippen LogP contribution in [0.2, 0.25) is 0 Å². The number of nitrogens with zero attached hydrogens (tertiary/aromatic N) is 1. The maximum absolute atomic E-state index is 13.9. The van der Waals surface area contributed by atoms with Crippen LogP contribution in [0.15, 0.2) is 12.7 Å². The average molecular weight is 604 g/mol. The third-order valence-electron chi connectivity index (χ3n) is 7.19. The Bertz CT molecular complexity index is 949. The number of Topliss-reactive ketones (excluding diaryl/α,β-unsaturated/α-hetero) is 1. The number of hydrogen-bond donors (Lipinski definition) is 7. The molecule has 0 aromatic carbocycles. The van der Waals surface area contributed by atoms with Crippen molar-refractivity contribution in [1.29, 1.82) is 0 Å². The molecule has 0 radical (unpaired) electrons. The Hall–Kier alpha value is -2.39. The van der Waals surface area contributed by atoms with Crippen LogP contribution in [0.5, 0.6) is 0 Å². The minimum absolute atomic E-state index is 0.220. The van der Waals surface area contributed by atoms with Gasteiger partial charge in [0.05, 0.1) is 38.3 Å². The van der Waals surface area contributed by atoms with Crippen LogP contribution < -0.4 is 31.3 Å². The summed E-state index contributed by atoms with van der Waals surface area (Å²) in [6.07, 6.45) is 2.52. The number of rotatable bonds is 15. The molecule has 0 bridgehead atoms. The molecule has 4 amide bonds. The smallest absolute Gasteiger partial charge is 0.315 e. The molecule has 0 spiro atoms. The Morgan fingerprint density at radius 1 is 1.12 bits per heavy atom. The van der Waals surface area contributed by atoms with E-state index in [2.05, 4.69) is 32.6 Å². The van der Waals surface area contributed by atoms with Gasteiger partial charge >= 0.3 is 6.03 Å². The van der Waals surface area contributed by atoms with Gasteiger partial charge in [-0.3, -0.25) is 19.7 Å². The number of aliphatic hydroxyl groups is 1. The van der Waals surface area contributed by atoms with Crippen LogP contribution in [0.25, 0.3) is 0 Å². The number of likely N-dealkylation sites (tertiary alicyclic amines) is 1. The minimum atomic E-state index is -1.41. The lowest BCUT2D eigenvalue weighted by Crippen LogP contribution is -2.89. The number of urea groups is 1. The molecular formula is C27H53N7O6S+2. The van der Waals surface area contributed by atoms with Gasteiger partial charge in [0.1, 0.15) is 29.5 Å². The van der Waals surface area contributed by atoms with Gasteiger partial charge in [0.25, 0.3) is 5.91 Å². The van der Waals surface area contributed by atoms with Gasteiger partial charge in [0.2, 0.25) is 11.7 Å². The van der Waals surface area contributed by atoms with Crippen molar-refractivity contribution in [3.8, 4) is 0 Å². The van der Waals surface area contributed by atoms with E-state index in [0.29, 0.717) is 32.6 Å². The largest absolute Gasteiger partial charge is 0.376 e. The molecular weight excluding hydrogens is 550 g/mol. The lowest BCUT2D eigenvalue weighted by molar-refractivity contribution is -0.656. The molecule has 0 aromatic rings. The molecule has 6 atom stereocenters. The second kappa shape index (κ2) is 16.3. The van der Waals surface area contributed by atoms with Crippen molar-refractivity contribution in [1.82, 2.24) is 30.9 Å². The number of quaternary nitrogens is 1. The van der Waals surface area contributed by atoms with Crippen molar-refractivity contribution < 1.29 is 33.8 Å². The molecule has 8 N–H and O–H groups in total. The molecule has 2 unspecified atom stereocenters.